The highest BCUT2D eigenvalue weighted by molar-refractivity contribution is 5.84. The Hall–Kier alpha value is -2.73. The van der Waals surface area contributed by atoms with Gasteiger partial charge in [0.2, 0.25) is 5.75 Å². The number of hydrogen-bond donors (Lipinski definition) is 0. The molecule has 1 aliphatic rings. The van der Waals surface area contributed by atoms with Crippen molar-refractivity contribution in [3.8, 4) is 34.1 Å². The molecule has 0 aliphatic carbocycles. The summed E-state index contributed by atoms with van der Waals surface area (Å²) >= 11 is 0. The topological polar surface area (TPSA) is 63.2 Å². The summed E-state index contributed by atoms with van der Waals surface area (Å²) in [6.45, 7) is 0.243. The molecule has 6 nitrogen and oxygen atoms in total. The Balaban J connectivity index is 2.35. The van der Waals surface area contributed by atoms with Crippen molar-refractivity contribution >= 4 is 6.29 Å². The molecule has 1 aliphatic heterocycles. The SMILES string of the molecule is COc1ccc2c(c1)C(C=O)OCc1cc(OC)c(OC)c(OC)c1-2. The second kappa shape index (κ2) is 7.03. The average Bonchev–Trinajstić information content (AvgIpc) is 2.81. The third-order valence-corrected chi connectivity index (χ3v) is 4.29. The summed E-state index contributed by atoms with van der Waals surface area (Å²) in [4.78, 5) is 11.6. The van der Waals surface area contributed by atoms with E-state index >= 15 is 0 Å². The molecule has 1 heterocycles. The minimum absolute atomic E-state index is 0.243. The molecule has 1 unspecified atom stereocenters. The van der Waals surface area contributed by atoms with E-state index < -0.39 is 6.10 Å². The van der Waals surface area contributed by atoms with Crippen LogP contribution in [0.5, 0.6) is 23.0 Å². The molecule has 0 bridgehead atoms. The first-order chi connectivity index (χ1) is 12.2. The smallest absolute Gasteiger partial charge is 0.203 e. The van der Waals surface area contributed by atoms with E-state index in [4.69, 9.17) is 23.7 Å². The van der Waals surface area contributed by atoms with Gasteiger partial charge in [0.15, 0.2) is 17.8 Å². The van der Waals surface area contributed by atoms with Gasteiger partial charge in [-0.05, 0) is 34.9 Å². The standard InChI is InChI=1S/C19H20O6/c1-21-12-5-6-13-14(8-12)16(9-20)25-10-11-7-15(22-2)18(23-3)19(24-4)17(11)13/h5-9,16H,10H2,1-4H3. The molecule has 2 aromatic rings. The molecular formula is C19H20O6. The number of fused-ring (bicyclic) bond motifs is 3. The highest BCUT2D eigenvalue weighted by atomic mass is 16.5. The van der Waals surface area contributed by atoms with Crippen LogP contribution in [0.15, 0.2) is 24.3 Å². The van der Waals surface area contributed by atoms with Crippen LogP contribution in [0.1, 0.15) is 17.2 Å². The average molecular weight is 344 g/mol. The summed E-state index contributed by atoms with van der Waals surface area (Å²) in [5.74, 6) is 2.23. The summed E-state index contributed by atoms with van der Waals surface area (Å²) in [5.41, 5.74) is 3.23. The summed E-state index contributed by atoms with van der Waals surface area (Å²) < 4.78 is 27.6. The number of hydrogen-bond acceptors (Lipinski definition) is 6. The molecule has 3 rings (SSSR count). The van der Waals surface area contributed by atoms with Crippen LogP contribution in [-0.2, 0) is 16.1 Å². The molecule has 0 saturated heterocycles. The van der Waals surface area contributed by atoms with Gasteiger partial charge in [-0.3, -0.25) is 0 Å². The zero-order valence-electron chi connectivity index (χ0n) is 14.6. The first kappa shape index (κ1) is 17.1. The van der Waals surface area contributed by atoms with E-state index in [2.05, 4.69) is 0 Å². The van der Waals surface area contributed by atoms with Crippen molar-refractivity contribution in [1.82, 2.24) is 0 Å². The van der Waals surface area contributed by atoms with E-state index in [9.17, 15) is 4.79 Å². The molecule has 25 heavy (non-hydrogen) atoms. The van der Waals surface area contributed by atoms with E-state index in [0.29, 0.717) is 23.0 Å². The molecule has 0 fully saturated rings. The van der Waals surface area contributed by atoms with E-state index in [1.807, 2.05) is 18.2 Å². The third-order valence-electron chi connectivity index (χ3n) is 4.29. The number of benzene rings is 2. The Morgan fingerprint density at radius 3 is 2.36 bits per heavy atom. The number of ether oxygens (including phenoxy) is 5. The second-order valence-corrected chi connectivity index (χ2v) is 5.50. The molecule has 1 atom stereocenters. The van der Waals surface area contributed by atoms with Crippen molar-refractivity contribution in [3.63, 3.8) is 0 Å². The Morgan fingerprint density at radius 1 is 1.00 bits per heavy atom. The minimum atomic E-state index is -0.695. The Kier molecular flexibility index (Phi) is 4.81. The van der Waals surface area contributed by atoms with Crippen molar-refractivity contribution in [1.29, 1.82) is 0 Å². The Morgan fingerprint density at radius 2 is 1.76 bits per heavy atom. The van der Waals surface area contributed by atoms with Gasteiger partial charge >= 0.3 is 0 Å². The van der Waals surface area contributed by atoms with Gasteiger partial charge in [-0.1, -0.05) is 6.07 Å². The number of carbonyl (C=O) groups excluding carboxylic acids is 1. The quantitative estimate of drug-likeness (QED) is 0.777. The number of methoxy groups -OCH3 is 4. The molecular weight excluding hydrogens is 324 g/mol. The normalized spacial score (nSPS) is 15.4. The van der Waals surface area contributed by atoms with Crippen molar-refractivity contribution in [3.05, 3.63) is 35.4 Å². The summed E-state index contributed by atoms with van der Waals surface area (Å²) in [7, 11) is 6.28. The molecule has 132 valence electrons. The summed E-state index contributed by atoms with van der Waals surface area (Å²) in [5, 5.41) is 0. The zero-order chi connectivity index (χ0) is 18.0. The van der Waals surface area contributed by atoms with Crippen molar-refractivity contribution in [2.75, 3.05) is 28.4 Å². The zero-order valence-corrected chi connectivity index (χ0v) is 14.6. The molecule has 0 amide bonds. The van der Waals surface area contributed by atoms with Gasteiger partial charge in [0.25, 0.3) is 0 Å². The lowest BCUT2D eigenvalue weighted by Crippen LogP contribution is -2.04. The van der Waals surface area contributed by atoms with Crippen LogP contribution in [0.3, 0.4) is 0 Å². The van der Waals surface area contributed by atoms with Crippen LogP contribution in [0.2, 0.25) is 0 Å². The number of aldehydes is 1. The van der Waals surface area contributed by atoms with Crippen LogP contribution in [0.4, 0.5) is 0 Å². The first-order valence-electron chi connectivity index (χ1n) is 7.75. The minimum Gasteiger partial charge on any atom is -0.497 e. The lowest BCUT2D eigenvalue weighted by Gasteiger charge is -2.19. The molecule has 0 aromatic heterocycles. The number of rotatable bonds is 5. The van der Waals surface area contributed by atoms with E-state index in [0.717, 1.165) is 28.5 Å². The summed E-state index contributed by atoms with van der Waals surface area (Å²) in [6.07, 6.45) is 0.0876. The molecule has 2 aromatic carbocycles. The summed E-state index contributed by atoms with van der Waals surface area (Å²) in [6, 6.07) is 7.39. The van der Waals surface area contributed by atoms with Crippen LogP contribution >= 0.6 is 0 Å². The van der Waals surface area contributed by atoms with Crippen LogP contribution < -0.4 is 18.9 Å². The van der Waals surface area contributed by atoms with E-state index in [1.54, 1.807) is 34.5 Å². The van der Waals surface area contributed by atoms with E-state index in [-0.39, 0.29) is 6.61 Å². The van der Waals surface area contributed by atoms with Gasteiger partial charge in [0.1, 0.15) is 11.9 Å². The maximum Gasteiger partial charge on any atom is 0.203 e. The molecule has 6 heteroatoms. The number of carbonyl (C=O) groups is 1. The fraction of sp³-hybridized carbons (Fsp3) is 0.316. The first-order valence-corrected chi connectivity index (χ1v) is 7.75. The Bertz CT molecular complexity index is 799. The van der Waals surface area contributed by atoms with Gasteiger partial charge in [-0.25, -0.2) is 0 Å². The maximum atomic E-state index is 11.6. The van der Waals surface area contributed by atoms with Crippen molar-refractivity contribution in [2.24, 2.45) is 0 Å². The van der Waals surface area contributed by atoms with Gasteiger partial charge < -0.3 is 28.5 Å². The molecule has 0 radical (unpaired) electrons. The highest BCUT2D eigenvalue weighted by Crippen LogP contribution is 2.50. The second-order valence-electron chi connectivity index (χ2n) is 5.50. The maximum absolute atomic E-state index is 11.6. The molecule has 0 spiro atoms. The van der Waals surface area contributed by atoms with E-state index in [1.165, 1.54) is 0 Å². The molecule has 0 N–H and O–H groups in total. The van der Waals surface area contributed by atoms with Gasteiger partial charge in [-0.15, -0.1) is 0 Å². The third kappa shape index (κ3) is 2.78. The predicted octanol–water partition coefficient (Wildman–Crippen LogP) is 3.16. The van der Waals surface area contributed by atoms with Crippen LogP contribution in [0, 0.1) is 0 Å². The lowest BCUT2D eigenvalue weighted by atomic mass is 9.92. The van der Waals surface area contributed by atoms with Crippen molar-refractivity contribution in [2.45, 2.75) is 12.7 Å². The van der Waals surface area contributed by atoms with Crippen molar-refractivity contribution < 1.29 is 28.5 Å². The largest absolute Gasteiger partial charge is 0.497 e. The van der Waals surface area contributed by atoms with Gasteiger partial charge in [0, 0.05) is 5.56 Å². The van der Waals surface area contributed by atoms with Crippen LogP contribution in [0.25, 0.3) is 11.1 Å². The monoisotopic (exact) mass is 344 g/mol. The fourth-order valence-electron chi connectivity index (χ4n) is 3.13. The van der Waals surface area contributed by atoms with Gasteiger partial charge in [-0.2, -0.15) is 0 Å². The van der Waals surface area contributed by atoms with Gasteiger partial charge in [0.05, 0.1) is 35.0 Å². The predicted molar refractivity (Wildman–Crippen MR) is 91.7 cm³/mol. The Labute approximate surface area is 146 Å². The lowest BCUT2D eigenvalue weighted by molar-refractivity contribution is -0.119. The fourth-order valence-corrected chi connectivity index (χ4v) is 3.13. The highest BCUT2D eigenvalue weighted by Gasteiger charge is 2.29. The molecule has 0 saturated carbocycles. The van der Waals surface area contributed by atoms with Crippen LogP contribution in [-0.4, -0.2) is 34.7 Å².